The Kier molecular flexibility index (Phi) is 7.11. The van der Waals surface area contributed by atoms with E-state index < -0.39 is 21.0 Å². The molecule has 9 nitrogen and oxygen atoms in total. The molecule has 0 saturated heterocycles. The van der Waals surface area contributed by atoms with E-state index in [1.54, 1.807) is 0 Å². The quantitative estimate of drug-likeness (QED) is 0.393. The molecule has 24 heavy (non-hydrogen) atoms. The topological polar surface area (TPSA) is 130 Å². The molecule has 0 aliphatic heterocycles. The zero-order valence-electron chi connectivity index (χ0n) is 13.5. The summed E-state index contributed by atoms with van der Waals surface area (Å²) in [5, 5.41) is 21.5. The second-order valence-electron chi connectivity index (χ2n) is 5.60. The minimum Gasteiger partial charge on any atom is -0.465 e. The van der Waals surface area contributed by atoms with E-state index in [9.17, 15) is 23.3 Å². The molecule has 2 N–H and O–H groups in total. The number of hydrogen-bond donors (Lipinski definition) is 2. The van der Waals surface area contributed by atoms with Gasteiger partial charge in [-0.25, -0.2) is 13.2 Å². The lowest BCUT2D eigenvalue weighted by atomic mass is 10.2. The molecule has 10 heteroatoms. The molecule has 1 aromatic rings. The fourth-order valence-electron chi connectivity index (χ4n) is 2.07. The molecule has 1 aromatic carbocycles. The van der Waals surface area contributed by atoms with E-state index in [0.29, 0.717) is 6.42 Å². The smallest absolute Gasteiger partial charge is 0.404 e. The van der Waals surface area contributed by atoms with Crippen molar-refractivity contribution in [3.05, 3.63) is 34.4 Å². The van der Waals surface area contributed by atoms with Gasteiger partial charge in [-0.1, -0.05) is 19.9 Å². The van der Waals surface area contributed by atoms with Crippen LogP contribution in [0.2, 0.25) is 0 Å². The minimum absolute atomic E-state index is 0.0471. The standard InChI is InChI=1S/C14H21N3O6S/c1-11(2)10-16(8-4-7-15-14(18)19)24(22,23)13-6-3-5-12(9-13)17(20)21/h3,5-6,9,11,15H,4,7-8,10H2,1-2H3,(H,18,19). The second kappa shape index (κ2) is 8.60. The van der Waals surface area contributed by atoms with Gasteiger partial charge in [-0.3, -0.25) is 10.1 Å². The maximum atomic E-state index is 12.7. The van der Waals surface area contributed by atoms with E-state index in [1.807, 2.05) is 13.8 Å². The van der Waals surface area contributed by atoms with Gasteiger partial charge in [0, 0.05) is 31.8 Å². The Labute approximate surface area is 140 Å². The number of hydrogen-bond acceptors (Lipinski definition) is 5. The number of nitro groups is 1. The first-order valence-corrected chi connectivity index (χ1v) is 8.80. The molecule has 0 radical (unpaired) electrons. The molecule has 0 unspecified atom stereocenters. The predicted molar refractivity (Wildman–Crippen MR) is 87.3 cm³/mol. The van der Waals surface area contributed by atoms with Crippen LogP contribution in [0, 0.1) is 16.0 Å². The lowest BCUT2D eigenvalue weighted by Crippen LogP contribution is -2.36. The zero-order valence-corrected chi connectivity index (χ0v) is 14.3. The Morgan fingerprint density at radius 3 is 2.62 bits per heavy atom. The van der Waals surface area contributed by atoms with Gasteiger partial charge in [0.2, 0.25) is 10.0 Å². The lowest BCUT2D eigenvalue weighted by molar-refractivity contribution is -0.385. The first-order chi connectivity index (χ1) is 11.1. The van der Waals surface area contributed by atoms with Crippen LogP contribution in [0.15, 0.2) is 29.2 Å². The highest BCUT2D eigenvalue weighted by Crippen LogP contribution is 2.22. The monoisotopic (exact) mass is 359 g/mol. The highest BCUT2D eigenvalue weighted by Gasteiger charge is 2.26. The Morgan fingerprint density at radius 2 is 2.08 bits per heavy atom. The van der Waals surface area contributed by atoms with Crippen molar-refractivity contribution in [2.75, 3.05) is 19.6 Å². The van der Waals surface area contributed by atoms with Crippen LogP contribution in [0.5, 0.6) is 0 Å². The molecule has 134 valence electrons. The molecule has 0 fully saturated rings. The van der Waals surface area contributed by atoms with Crippen LogP contribution in [-0.4, -0.2) is 48.5 Å². The fraction of sp³-hybridized carbons (Fsp3) is 0.500. The predicted octanol–water partition coefficient (Wildman–Crippen LogP) is 1.90. The van der Waals surface area contributed by atoms with Gasteiger partial charge < -0.3 is 10.4 Å². The second-order valence-corrected chi connectivity index (χ2v) is 7.53. The molecule has 1 amide bonds. The molecular formula is C14H21N3O6S. The van der Waals surface area contributed by atoms with Gasteiger partial charge in [-0.15, -0.1) is 0 Å². The molecule has 0 saturated carbocycles. The van der Waals surface area contributed by atoms with Crippen molar-refractivity contribution >= 4 is 21.8 Å². The molecule has 0 aliphatic carbocycles. The van der Waals surface area contributed by atoms with Crippen molar-refractivity contribution in [2.45, 2.75) is 25.2 Å². The SMILES string of the molecule is CC(C)CN(CCCNC(=O)O)S(=O)(=O)c1cccc([N+](=O)[O-])c1. The average molecular weight is 359 g/mol. The Bertz CT molecular complexity index is 690. The summed E-state index contributed by atoms with van der Waals surface area (Å²) in [6.45, 7) is 4.17. The molecule has 0 atom stereocenters. The fourth-order valence-corrected chi connectivity index (χ4v) is 3.76. The van der Waals surface area contributed by atoms with Crippen molar-refractivity contribution < 1.29 is 23.2 Å². The number of carboxylic acid groups (broad SMARTS) is 1. The van der Waals surface area contributed by atoms with Gasteiger partial charge in [-0.2, -0.15) is 4.31 Å². The van der Waals surface area contributed by atoms with E-state index in [-0.39, 0.29) is 36.1 Å². The van der Waals surface area contributed by atoms with E-state index in [2.05, 4.69) is 5.32 Å². The van der Waals surface area contributed by atoms with Gasteiger partial charge in [-0.05, 0) is 18.4 Å². The number of benzene rings is 1. The number of nitro benzene ring substituents is 1. The van der Waals surface area contributed by atoms with Gasteiger partial charge in [0.1, 0.15) is 0 Å². The maximum absolute atomic E-state index is 12.7. The number of non-ortho nitro benzene ring substituents is 1. The molecular weight excluding hydrogens is 338 g/mol. The Hall–Kier alpha value is -2.20. The van der Waals surface area contributed by atoms with E-state index in [4.69, 9.17) is 5.11 Å². The highest BCUT2D eigenvalue weighted by atomic mass is 32.2. The zero-order chi connectivity index (χ0) is 18.3. The Morgan fingerprint density at radius 1 is 1.42 bits per heavy atom. The van der Waals surface area contributed by atoms with Gasteiger partial charge in [0.25, 0.3) is 5.69 Å². The molecule has 0 bridgehead atoms. The van der Waals surface area contributed by atoms with Gasteiger partial charge in [0.05, 0.1) is 9.82 Å². The van der Waals surface area contributed by atoms with E-state index in [0.717, 1.165) is 6.07 Å². The van der Waals surface area contributed by atoms with Crippen LogP contribution < -0.4 is 5.32 Å². The summed E-state index contributed by atoms with van der Waals surface area (Å²) >= 11 is 0. The summed E-state index contributed by atoms with van der Waals surface area (Å²) in [4.78, 5) is 20.5. The maximum Gasteiger partial charge on any atom is 0.404 e. The normalized spacial score (nSPS) is 11.7. The number of nitrogens with zero attached hydrogens (tertiary/aromatic N) is 2. The van der Waals surface area contributed by atoms with Crippen molar-refractivity contribution in [2.24, 2.45) is 5.92 Å². The van der Waals surface area contributed by atoms with Crippen LogP contribution >= 0.6 is 0 Å². The van der Waals surface area contributed by atoms with Crippen LogP contribution in [0.1, 0.15) is 20.3 Å². The summed E-state index contributed by atoms with van der Waals surface area (Å²) < 4.78 is 26.7. The number of sulfonamides is 1. The summed E-state index contributed by atoms with van der Waals surface area (Å²) in [7, 11) is -3.90. The molecule has 0 aromatic heterocycles. The van der Waals surface area contributed by atoms with Crippen LogP contribution in [0.25, 0.3) is 0 Å². The van der Waals surface area contributed by atoms with E-state index >= 15 is 0 Å². The number of amides is 1. The van der Waals surface area contributed by atoms with Crippen LogP contribution in [0.4, 0.5) is 10.5 Å². The molecule has 0 heterocycles. The highest BCUT2D eigenvalue weighted by molar-refractivity contribution is 7.89. The molecule has 0 spiro atoms. The summed E-state index contributed by atoms with van der Waals surface area (Å²) in [6.07, 6.45) is -0.875. The van der Waals surface area contributed by atoms with Crippen LogP contribution in [0.3, 0.4) is 0 Å². The van der Waals surface area contributed by atoms with Crippen molar-refractivity contribution in [3.8, 4) is 0 Å². The summed E-state index contributed by atoms with van der Waals surface area (Å²) in [6, 6.07) is 4.89. The first kappa shape index (κ1) is 19.8. The number of carbonyl (C=O) groups is 1. The Balaban J connectivity index is 2.99. The van der Waals surface area contributed by atoms with E-state index in [1.165, 1.54) is 22.5 Å². The van der Waals surface area contributed by atoms with Crippen molar-refractivity contribution in [1.82, 2.24) is 9.62 Å². The lowest BCUT2D eigenvalue weighted by Gasteiger charge is -2.24. The average Bonchev–Trinajstić information content (AvgIpc) is 2.49. The number of rotatable bonds is 9. The minimum atomic E-state index is -3.90. The largest absolute Gasteiger partial charge is 0.465 e. The third-order valence-electron chi connectivity index (χ3n) is 3.10. The first-order valence-electron chi connectivity index (χ1n) is 7.36. The third-order valence-corrected chi connectivity index (χ3v) is 4.96. The summed E-state index contributed by atoms with van der Waals surface area (Å²) in [5.74, 6) is 0.0471. The summed E-state index contributed by atoms with van der Waals surface area (Å²) in [5.41, 5.74) is -0.298. The van der Waals surface area contributed by atoms with Gasteiger partial charge in [0.15, 0.2) is 0 Å². The number of nitrogens with one attached hydrogen (secondary N) is 1. The molecule has 1 rings (SSSR count). The third kappa shape index (κ3) is 5.78. The van der Waals surface area contributed by atoms with Crippen molar-refractivity contribution in [3.63, 3.8) is 0 Å². The molecule has 0 aliphatic rings. The van der Waals surface area contributed by atoms with Crippen molar-refractivity contribution in [1.29, 1.82) is 0 Å². The van der Waals surface area contributed by atoms with Gasteiger partial charge >= 0.3 is 6.09 Å². The van der Waals surface area contributed by atoms with Crippen LogP contribution in [-0.2, 0) is 10.0 Å².